The van der Waals surface area contributed by atoms with Gasteiger partial charge in [-0.2, -0.15) is 0 Å². The van der Waals surface area contributed by atoms with Crippen molar-refractivity contribution < 1.29 is 19.2 Å². The van der Waals surface area contributed by atoms with Gasteiger partial charge >= 0.3 is 5.97 Å². The number of nitrogens with zero attached hydrogens (tertiary/aromatic N) is 2. The maximum Gasteiger partial charge on any atom is 0.308 e. The summed E-state index contributed by atoms with van der Waals surface area (Å²) >= 11 is 0. The Morgan fingerprint density at radius 2 is 1.92 bits per heavy atom. The Hall–Kier alpha value is -2.63. The number of aryl methyl sites for hydroxylation is 1. The Labute approximate surface area is 146 Å². The number of carbonyl (C=O) groups is 2. The third kappa shape index (κ3) is 3.16. The van der Waals surface area contributed by atoms with Crippen LogP contribution in [0.2, 0.25) is 0 Å². The summed E-state index contributed by atoms with van der Waals surface area (Å²) < 4.78 is 5.31. The van der Waals surface area contributed by atoms with Gasteiger partial charge in [-0.1, -0.05) is 49.3 Å². The highest BCUT2D eigenvalue weighted by Crippen LogP contribution is 2.35. The molecule has 2 unspecified atom stereocenters. The van der Waals surface area contributed by atoms with Gasteiger partial charge < -0.3 is 14.5 Å². The molecule has 1 saturated heterocycles. The summed E-state index contributed by atoms with van der Waals surface area (Å²) in [4.78, 5) is 26.4. The molecule has 0 radical (unpaired) electrons. The number of likely N-dealkylation sites (tertiary alicyclic amines) is 1. The lowest BCUT2D eigenvalue weighted by Gasteiger charge is -2.17. The highest BCUT2D eigenvalue weighted by molar-refractivity contribution is 5.97. The highest BCUT2D eigenvalue weighted by atomic mass is 16.5. The predicted molar refractivity (Wildman–Crippen MR) is 91.5 cm³/mol. The summed E-state index contributed by atoms with van der Waals surface area (Å²) in [6.07, 6.45) is 0. The molecule has 0 spiro atoms. The van der Waals surface area contributed by atoms with Gasteiger partial charge in [-0.05, 0) is 12.5 Å². The van der Waals surface area contributed by atoms with Crippen LogP contribution in [0.3, 0.4) is 0 Å². The second-order valence-corrected chi connectivity index (χ2v) is 6.83. The van der Waals surface area contributed by atoms with E-state index in [0.29, 0.717) is 23.6 Å². The molecule has 2 aromatic rings. The Morgan fingerprint density at radius 1 is 1.24 bits per heavy atom. The van der Waals surface area contributed by atoms with Gasteiger partial charge in [0, 0.05) is 24.9 Å². The number of carboxylic acid groups (broad SMARTS) is 1. The minimum absolute atomic E-state index is 0.0305. The Kier molecular flexibility index (Phi) is 4.61. The zero-order valence-electron chi connectivity index (χ0n) is 14.6. The number of aromatic nitrogens is 1. The zero-order chi connectivity index (χ0) is 18.1. The molecule has 0 saturated carbocycles. The molecule has 6 heteroatoms. The molecule has 1 aliphatic rings. The van der Waals surface area contributed by atoms with Crippen LogP contribution < -0.4 is 0 Å². The maximum absolute atomic E-state index is 13.0. The fourth-order valence-corrected chi connectivity index (χ4v) is 3.46. The third-order valence-corrected chi connectivity index (χ3v) is 4.78. The lowest BCUT2D eigenvalue weighted by Crippen LogP contribution is -2.30. The smallest absolute Gasteiger partial charge is 0.308 e. The topological polar surface area (TPSA) is 83.6 Å². The van der Waals surface area contributed by atoms with E-state index in [1.807, 2.05) is 44.2 Å². The number of hydrogen-bond acceptors (Lipinski definition) is 4. The molecule has 3 rings (SSSR count). The summed E-state index contributed by atoms with van der Waals surface area (Å²) in [7, 11) is 0. The van der Waals surface area contributed by atoms with Crippen LogP contribution in [0.15, 0.2) is 34.9 Å². The van der Waals surface area contributed by atoms with Crippen molar-refractivity contribution in [1.82, 2.24) is 10.1 Å². The van der Waals surface area contributed by atoms with Crippen LogP contribution in [0.5, 0.6) is 0 Å². The summed E-state index contributed by atoms with van der Waals surface area (Å²) in [6.45, 7) is 6.18. The minimum atomic E-state index is -0.879. The molecule has 6 nitrogen and oxygen atoms in total. The van der Waals surface area contributed by atoms with Crippen molar-refractivity contribution >= 4 is 11.9 Å². The van der Waals surface area contributed by atoms with Gasteiger partial charge in [0.2, 0.25) is 0 Å². The first-order valence-corrected chi connectivity index (χ1v) is 8.43. The SMILES string of the molecule is Cc1noc(C(C)C)c1C(=O)N1CC(C(=O)O)C(c2ccccc2)C1. The lowest BCUT2D eigenvalue weighted by molar-refractivity contribution is -0.141. The summed E-state index contributed by atoms with van der Waals surface area (Å²) in [5.41, 5.74) is 1.95. The number of rotatable bonds is 4. The number of hydrogen-bond donors (Lipinski definition) is 1. The molecule has 1 aromatic heterocycles. The standard InChI is InChI=1S/C19H22N2O4/c1-11(2)17-16(12(3)20-25-17)18(22)21-9-14(15(10-21)19(23)24)13-7-5-4-6-8-13/h4-8,11,14-15H,9-10H2,1-3H3,(H,23,24). The van der Waals surface area contributed by atoms with E-state index in [2.05, 4.69) is 5.16 Å². The number of carbonyl (C=O) groups excluding carboxylic acids is 1. The average Bonchev–Trinajstić information content (AvgIpc) is 3.19. The van der Waals surface area contributed by atoms with Crippen LogP contribution in [-0.2, 0) is 4.79 Å². The summed E-state index contributed by atoms with van der Waals surface area (Å²) in [5.74, 6) is -1.33. The van der Waals surface area contributed by atoms with Gasteiger partial charge in [0.1, 0.15) is 5.56 Å². The normalized spacial score (nSPS) is 20.2. The van der Waals surface area contributed by atoms with E-state index in [1.165, 1.54) is 0 Å². The van der Waals surface area contributed by atoms with E-state index >= 15 is 0 Å². The van der Waals surface area contributed by atoms with Crippen LogP contribution in [0.25, 0.3) is 0 Å². The van der Waals surface area contributed by atoms with Gasteiger partial charge in [0.25, 0.3) is 5.91 Å². The fraction of sp³-hybridized carbons (Fsp3) is 0.421. The molecule has 132 valence electrons. The van der Waals surface area contributed by atoms with Crippen LogP contribution in [-0.4, -0.2) is 40.1 Å². The first-order chi connectivity index (χ1) is 11.9. The van der Waals surface area contributed by atoms with Crippen molar-refractivity contribution in [2.45, 2.75) is 32.6 Å². The van der Waals surface area contributed by atoms with Crippen molar-refractivity contribution in [3.05, 3.63) is 52.9 Å². The minimum Gasteiger partial charge on any atom is -0.481 e. The van der Waals surface area contributed by atoms with Crippen molar-refractivity contribution in [3.63, 3.8) is 0 Å². The molecule has 1 N–H and O–H groups in total. The molecule has 25 heavy (non-hydrogen) atoms. The number of carboxylic acids is 1. The second-order valence-electron chi connectivity index (χ2n) is 6.83. The van der Waals surface area contributed by atoms with E-state index in [9.17, 15) is 14.7 Å². The Bertz CT molecular complexity index is 782. The number of amides is 1. The molecule has 2 heterocycles. The van der Waals surface area contributed by atoms with E-state index in [1.54, 1.807) is 11.8 Å². The van der Waals surface area contributed by atoms with Gasteiger partial charge in [-0.25, -0.2) is 0 Å². The number of aliphatic carboxylic acids is 1. The van der Waals surface area contributed by atoms with Gasteiger partial charge in [-0.3, -0.25) is 9.59 Å². The molecule has 0 aliphatic carbocycles. The van der Waals surface area contributed by atoms with Crippen LogP contribution in [0, 0.1) is 12.8 Å². The first kappa shape index (κ1) is 17.2. The molecule has 1 fully saturated rings. The zero-order valence-corrected chi connectivity index (χ0v) is 14.6. The molecular weight excluding hydrogens is 320 g/mol. The van der Waals surface area contributed by atoms with Crippen molar-refractivity contribution in [1.29, 1.82) is 0 Å². The Balaban J connectivity index is 1.91. The monoisotopic (exact) mass is 342 g/mol. The molecular formula is C19H22N2O4. The second kappa shape index (κ2) is 6.70. The third-order valence-electron chi connectivity index (χ3n) is 4.78. The predicted octanol–water partition coefficient (Wildman–Crippen LogP) is 3.05. The lowest BCUT2D eigenvalue weighted by atomic mass is 9.89. The summed E-state index contributed by atoms with van der Waals surface area (Å²) in [6, 6.07) is 9.50. The first-order valence-electron chi connectivity index (χ1n) is 8.43. The summed E-state index contributed by atoms with van der Waals surface area (Å²) in [5, 5.41) is 13.5. The number of benzene rings is 1. The average molecular weight is 342 g/mol. The largest absolute Gasteiger partial charge is 0.481 e. The van der Waals surface area contributed by atoms with E-state index in [4.69, 9.17) is 4.52 Å². The van der Waals surface area contributed by atoms with E-state index in [0.717, 1.165) is 5.56 Å². The van der Waals surface area contributed by atoms with Crippen molar-refractivity contribution in [2.24, 2.45) is 5.92 Å². The maximum atomic E-state index is 13.0. The van der Waals surface area contributed by atoms with E-state index < -0.39 is 11.9 Å². The molecule has 1 aromatic carbocycles. The fourth-order valence-electron chi connectivity index (χ4n) is 3.46. The van der Waals surface area contributed by atoms with E-state index in [-0.39, 0.29) is 24.3 Å². The van der Waals surface area contributed by atoms with Crippen molar-refractivity contribution in [2.75, 3.05) is 13.1 Å². The van der Waals surface area contributed by atoms with Crippen molar-refractivity contribution in [3.8, 4) is 0 Å². The molecule has 1 amide bonds. The van der Waals surface area contributed by atoms with Crippen LogP contribution in [0.1, 0.15) is 53.1 Å². The van der Waals surface area contributed by atoms with Crippen LogP contribution >= 0.6 is 0 Å². The quantitative estimate of drug-likeness (QED) is 0.923. The van der Waals surface area contributed by atoms with Gasteiger partial charge in [0.05, 0.1) is 11.6 Å². The van der Waals surface area contributed by atoms with Gasteiger partial charge in [-0.15, -0.1) is 0 Å². The molecule has 0 bridgehead atoms. The van der Waals surface area contributed by atoms with Crippen LogP contribution in [0.4, 0.5) is 0 Å². The highest BCUT2D eigenvalue weighted by Gasteiger charge is 2.42. The van der Waals surface area contributed by atoms with Gasteiger partial charge in [0.15, 0.2) is 5.76 Å². The Morgan fingerprint density at radius 3 is 2.52 bits per heavy atom. The molecule has 1 aliphatic heterocycles. The molecule has 2 atom stereocenters.